The Morgan fingerprint density at radius 3 is 2.80 bits per heavy atom. The molecule has 0 bridgehead atoms. The van der Waals surface area contributed by atoms with Crippen LogP contribution in [0.3, 0.4) is 0 Å². The van der Waals surface area contributed by atoms with Crippen LogP contribution in [0, 0.1) is 0 Å². The van der Waals surface area contributed by atoms with Gasteiger partial charge in [-0.3, -0.25) is 4.99 Å². The molecule has 2 aromatic rings. The van der Waals surface area contributed by atoms with E-state index < -0.39 is 0 Å². The molecular weight excluding hydrogens is 246 g/mol. The van der Waals surface area contributed by atoms with Crippen molar-refractivity contribution in [1.29, 1.82) is 0 Å². The molecule has 0 spiro atoms. The van der Waals surface area contributed by atoms with Gasteiger partial charge < -0.3 is 4.74 Å². The summed E-state index contributed by atoms with van der Waals surface area (Å²) >= 11 is 0. The highest BCUT2D eigenvalue weighted by Crippen LogP contribution is 2.30. The van der Waals surface area contributed by atoms with Crippen molar-refractivity contribution in [3.8, 4) is 5.75 Å². The Morgan fingerprint density at radius 2 is 1.80 bits per heavy atom. The van der Waals surface area contributed by atoms with E-state index in [1.54, 1.807) is 0 Å². The Labute approximate surface area is 118 Å². The van der Waals surface area contributed by atoms with Gasteiger partial charge in [0.1, 0.15) is 5.75 Å². The lowest BCUT2D eigenvalue weighted by Crippen LogP contribution is -2.28. The smallest absolute Gasteiger partial charge is 0.155 e. The molecule has 0 aromatic heterocycles. The van der Waals surface area contributed by atoms with Gasteiger partial charge in [-0.2, -0.15) is 0 Å². The van der Waals surface area contributed by atoms with Gasteiger partial charge in [-0.15, -0.1) is 0 Å². The van der Waals surface area contributed by atoms with E-state index in [4.69, 9.17) is 9.73 Å². The maximum atomic E-state index is 6.07. The molecule has 0 N–H and O–H groups in total. The summed E-state index contributed by atoms with van der Waals surface area (Å²) in [6.07, 6.45) is 6.22. The monoisotopic (exact) mass is 261 g/mol. The van der Waals surface area contributed by atoms with Crippen LogP contribution in [0.2, 0.25) is 0 Å². The predicted octanol–water partition coefficient (Wildman–Crippen LogP) is 4.18. The van der Waals surface area contributed by atoms with E-state index in [9.17, 15) is 0 Å². The first-order valence-corrected chi connectivity index (χ1v) is 6.99. The fraction of sp³-hybridized carbons (Fsp3) is 0.167. The summed E-state index contributed by atoms with van der Waals surface area (Å²) < 4.78 is 6.07. The summed E-state index contributed by atoms with van der Waals surface area (Å²) in [5.41, 5.74) is 4.68. The minimum Gasteiger partial charge on any atom is -0.480 e. The van der Waals surface area contributed by atoms with E-state index in [0.29, 0.717) is 0 Å². The summed E-state index contributed by atoms with van der Waals surface area (Å²) in [6, 6.07) is 16.5. The molecule has 2 heteroatoms. The molecule has 0 saturated heterocycles. The second kappa shape index (κ2) is 4.64. The van der Waals surface area contributed by atoms with Crippen molar-refractivity contribution in [2.75, 3.05) is 0 Å². The summed E-state index contributed by atoms with van der Waals surface area (Å²) in [5, 5.41) is 0. The molecule has 2 aliphatic rings. The van der Waals surface area contributed by atoms with Crippen molar-refractivity contribution >= 4 is 17.5 Å². The second-order valence-corrected chi connectivity index (χ2v) is 5.17. The van der Waals surface area contributed by atoms with Gasteiger partial charge >= 0.3 is 0 Å². The standard InChI is InChI=1S/C18H15NO/c1-3-7-15-13(5-1)9-11-16(19-15)18-12-10-14-6-2-4-8-17(14)20-18/h1-8,10,12,18H,9,11H2. The summed E-state index contributed by atoms with van der Waals surface area (Å²) in [7, 11) is 0. The quantitative estimate of drug-likeness (QED) is 0.754. The highest BCUT2D eigenvalue weighted by molar-refractivity contribution is 5.95. The Balaban J connectivity index is 1.67. The van der Waals surface area contributed by atoms with Crippen molar-refractivity contribution in [1.82, 2.24) is 0 Å². The Kier molecular flexibility index (Phi) is 2.66. The Hall–Kier alpha value is -2.35. The van der Waals surface area contributed by atoms with Crippen LogP contribution in [0.1, 0.15) is 17.5 Å². The van der Waals surface area contributed by atoms with E-state index in [0.717, 1.165) is 35.6 Å². The molecule has 4 rings (SSSR count). The van der Waals surface area contributed by atoms with Crippen LogP contribution in [0.5, 0.6) is 5.75 Å². The van der Waals surface area contributed by atoms with Gasteiger partial charge in [0, 0.05) is 5.56 Å². The molecule has 0 aliphatic carbocycles. The van der Waals surface area contributed by atoms with Crippen molar-refractivity contribution in [3.63, 3.8) is 0 Å². The van der Waals surface area contributed by atoms with Crippen LogP contribution in [0.25, 0.3) is 6.08 Å². The highest BCUT2D eigenvalue weighted by Gasteiger charge is 2.22. The fourth-order valence-corrected chi connectivity index (χ4v) is 2.78. The summed E-state index contributed by atoms with van der Waals surface area (Å²) in [4.78, 5) is 4.78. The third kappa shape index (κ3) is 1.94. The largest absolute Gasteiger partial charge is 0.480 e. The molecule has 0 amide bonds. The number of nitrogens with zero attached hydrogens (tertiary/aromatic N) is 1. The zero-order valence-electron chi connectivity index (χ0n) is 11.1. The van der Waals surface area contributed by atoms with Crippen LogP contribution in [0.15, 0.2) is 59.6 Å². The van der Waals surface area contributed by atoms with Gasteiger partial charge in [0.25, 0.3) is 0 Å². The Bertz CT molecular complexity index is 715. The average Bonchev–Trinajstić information content (AvgIpc) is 2.54. The zero-order valence-corrected chi connectivity index (χ0v) is 11.1. The van der Waals surface area contributed by atoms with Gasteiger partial charge in [-0.05, 0) is 36.6 Å². The van der Waals surface area contributed by atoms with Crippen molar-refractivity contribution < 1.29 is 4.74 Å². The molecule has 1 unspecified atom stereocenters. The molecule has 1 atom stereocenters. The summed E-state index contributed by atoms with van der Waals surface area (Å²) in [5.74, 6) is 0.946. The molecular formula is C18H15NO. The lowest BCUT2D eigenvalue weighted by atomic mass is 9.97. The zero-order chi connectivity index (χ0) is 13.4. The highest BCUT2D eigenvalue weighted by atomic mass is 16.5. The summed E-state index contributed by atoms with van der Waals surface area (Å²) in [6.45, 7) is 0. The van der Waals surface area contributed by atoms with Gasteiger partial charge in [0.05, 0.1) is 11.4 Å². The van der Waals surface area contributed by atoms with E-state index in [2.05, 4.69) is 36.4 Å². The number of fused-ring (bicyclic) bond motifs is 2. The molecule has 0 radical (unpaired) electrons. The van der Waals surface area contributed by atoms with Crippen LogP contribution < -0.4 is 4.74 Å². The number of ether oxygens (including phenoxy) is 1. The van der Waals surface area contributed by atoms with E-state index in [1.807, 2.05) is 24.3 Å². The lowest BCUT2D eigenvalue weighted by molar-refractivity contribution is 0.306. The number of para-hydroxylation sites is 2. The van der Waals surface area contributed by atoms with Crippen LogP contribution in [0.4, 0.5) is 5.69 Å². The maximum Gasteiger partial charge on any atom is 0.155 e. The van der Waals surface area contributed by atoms with Crippen molar-refractivity contribution in [2.24, 2.45) is 4.99 Å². The van der Waals surface area contributed by atoms with E-state index >= 15 is 0 Å². The van der Waals surface area contributed by atoms with E-state index in [1.165, 1.54) is 5.56 Å². The SMILES string of the molecule is C1=CC(C2=Nc3ccccc3CC2)Oc2ccccc21. The van der Waals surface area contributed by atoms with Crippen LogP contribution in [-0.2, 0) is 6.42 Å². The maximum absolute atomic E-state index is 6.07. The van der Waals surface area contributed by atoms with E-state index in [-0.39, 0.29) is 6.10 Å². The van der Waals surface area contributed by atoms with Gasteiger partial charge in [0.2, 0.25) is 0 Å². The molecule has 2 aromatic carbocycles. The first kappa shape index (κ1) is 11.5. The average molecular weight is 261 g/mol. The molecule has 0 fully saturated rings. The number of aliphatic imine (C=N–C) groups is 1. The third-order valence-corrected chi connectivity index (χ3v) is 3.86. The van der Waals surface area contributed by atoms with Crippen molar-refractivity contribution in [2.45, 2.75) is 18.9 Å². The minimum absolute atomic E-state index is 0.0294. The number of rotatable bonds is 1. The van der Waals surface area contributed by atoms with Crippen LogP contribution >= 0.6 is 0 Å². The van der Waals surface area contributed by atoms with Gasteiger partial charge in [-0.1, -0.05) is 42.5 Å². The first-order chi connectivity index (χ1) is 9.90. The first-order valence-electron chi connectivity index (χ1n) is 6.99. The predicted molar refractivity (Wildman–Crippen MR) is 81.8 cm³/mol. The molecule has 98 valence electrons. The third-order valence-electron chi connectivity index (χ3n) is 3.86. The minimum atomic E-state index is -0.0294. The number of hydrogen-bond acceptors (Lipinski definition) is 2. The molecule has 0 saturated carbocycles. The topological polar surface area (TPSA) is 21.6 Å². The van der Waals surface area contributed by atoms with Crippen LogP contribution in [-0.4, -0.2) is 11.8 Å². The molecule has 2 aliphatic heterocycles. The van der Waals surface area contributed by atoms with Crippen molar-refractivity contribution in [3.05, 3.63) is 65.7 Å². The number of benzene rings is 2. The molecule has 2 heterocycles. The van der Waals surface area contributed by atoms with Gasteiger partial charge in [0.15, 0.2) is 6.10 Å². The second-order valence-electron chi connectivity index (χ2n) is 5.17. The fourth-order valence-electron chi connectivity index (χ4n) is 2.78. The lowest BCUT2D eigenvalue weighted by Gasteiger charge is -2.25. The molecule has 2 nitrogen and oxygen atoms in total. The van der Waals surface area contributed by atoms with Gasteiger partial charge in [-0.25, -0.2) is 0 Å². The normalized spacial score (nSPS) is 19.6. The number of hydrogen-bond donors (Lipinski definition) is 0. The Morgan fingerprint density at radius 1 is 0.950 bits per heavy atom. The number of aryl methyl sites for hydroxylation is 1. The molecule has 20 heavy (non-hydrogen) atoms.